The van der Waals surface area contributed by atoms with Crippen LogP contribution in [0.15, 0.2) is 53.6 Å². The Morgan fingerprint density at radius 1 is 1.21 bits per heavy atom. The molecule has 122 valence electrons. The molecule has 0 aliphatic rings. The SMILES string of the molecule is CCSc1nc2ccc(Cl)cc2c(Nc2ccccc2)c1C(C)=O. The number of pyridine rings is 1. The van der Waals surface area contributed by atoms with Crippen molar-refractivity contribution in [3.05, 3.63) is 59.1 Å². The molecule has 0 aliphatic heterocycles. The lowest BCUT2D eigenvalue weighted by Crippen LogP contribution is -2.06. The zero-order valence-corrected chi connectivity index (χ0v) is 15.0. The summed E-state index contributed by atoms with van der Waals surface area (Å²) in [6.07, 6.45) is 0. The van der Waals surface area contributed by atoms with E-state index in [1.165, 1.54) is 0 Å². The third-order valence-corrected chi connectivity index (χ3v) is 4.68. The average molecular weight is 357 g/mol. The topological polar surface area (TPSA) is 42.0 Å². The molecule has 0 atom stereocenters. The maximum atomic E-state index is 12.4. The number of carbonyl (C=O) groups excluding carboxylic acids is 1. The molecule has 24 heavy (non-hydrogen) atoms. The van der Waals surface area contributed by atoms with Gasteiger partial charge in [-0.25, -0.2) is 4.98 Å². The highest BCUT2D eigenvalue weighted by molar-refractivity contribution is 7.99. The van der Waals surface area contributed by atoms with Crippen molar-refractivity contribution in [3.8, 4) is 0 Å². The Balaban J connectivity index is 2.30. The number of benzene rings is 2. The van der Waals surface area contributed by atoms with E-state index in [0.29, 0.717) is 10.6 Å². The van der Waals surface area contributed by atoms with E-state index in [2.05, 4.69) is 10.3 Å². The summed E-state index contributed by atoms with van der Waals surface area (Å²) in [5, 5.41) is 5.60. The van der Waals surface area contributed by atoms with Crippen molar-refractivity contribution in [1.82, 2.24) is 4.98 Å². The molecule has 0 saturated carbocycles. The summed E-state index contributed by atoms with van der Waals surface area (Å²) in [7, 11) is 0. The Morgan fingerprint density at radius 2 is 1.96 bits per heavy atom. The number of anilines is 2. The molecule has 1 aromatic heterocycles. The molecule has 5 heteroatoms. The number of nitrogens with zero attached hydrogens (tertiary/aromatic N) is 1. The number of ketones is 1. The monoisotopic (exact) mass is 356 g/mol. The van der Waals surface area contributed by atoms with Crippen molar-refractivity contribution in [3.63, 3.8) is 0 Å². The molecule has 0 fully saturated rings. The zero-order valence-electron chi connectivity index (χ0n) is 13.5. The van der Waals surface area contributed by atoms with Crippen molar-refractivity contribution in [2.75, 3.05) is 11.1 Å². The summed E-state index contributed by atoms with van der Waals surface area (Å²) < 4.78 is 0. The van der Waals surface area contributed by atoms with E-state index in [4.69, 9.17) is 11.6 Å². The smallest absolute Gasteiger partial charge is 0.164 e. The molecule has 0 saturated heterocycles. The van der Waals surface area contributed by atoms with Crippen molar-refractivity contribution in [1.29, 1.82) is 0 Å². The number of para-hydroxylation sites is 1. The number of hydrogen-bond donors (Lipinski definition) is 1. The van der Waals surface area contributed by atoms with E-state index in [-0.39, 0.29) is 5.78 Å². The summed E-state index contributed by atoms with van der Waals surface area (Å²) >= 11 is 7.75. The van der Waals surface area contributed by atoms with Gasteiger partial charge < -0.3 is 5.32 Å². The first kappa shape index (κ1) is 16.8. The van der Waals surface area contributed by atoms with E-state index in [9.17, 15) is 4.79 Å². The van der Waals surface area contributed by atoms with Crippen LogP contribution in [-0.2, 0) is 0 Å². The summed E-state index contributed by atoms with van der Waals surface area (Å²) in [6, 6.07) is 15.3. The molecule has 0 unspecified atom stereocenters. The van der Waals surface area contributed by atoms with Crippen LogP contribution in [0.1, 0.15) is 24.2 Å². The third-order valence-electron chi connectivity index (χ3n) is 3.59. The standard InChI is InChI=1S/C19H17ClN2OS/c1-3-24-19-17(12(2)23)18(21-14-7-5-4-6-8-14)15-11-13(20)9-10-16(15)22-19/h4-11H,3H2,1-2H3,(H,21,22). The van der Waals surface area contributed by atoms with Crippen LogP contribution in [0.5, 0.6) is 0 Å². The molecule has 1 N–H and O–H groups in total. The second-order valence-corrected chi connectivity index (χ2v) is 7.00. The molecule has 3 nitrogen and oxygen atoms in total. The van der Waals surface area contributed by atoms with E-state index in [1.807, 2.05) is 55.5 Å². The number of thioether (sulfide) groups is 1. The number of nitrogens with one attached hydrogen (secondary N) is 1. The van der Waals surface area contributed by atoms with Gasteiger partial charge in [-0.1, -0.05) is 36.7 Å². The minimum absolute atomic E-state index is 0.0150. The number of hydrogen-bond acceptors (Lipinski definition) is 4. The molecule has 0 bridgehead atoms. The molecule has 1 heterocycles. The van der Waals surface area contributed by atoms with Crippen LogP contribution in [0.2, 0.25) is 5.02 Å². The first-order valence-corrected chi connectivity index (χ1v) is 9.05. The number of rotatable bonds is 5. The van der Waals surface area contributed by atoms with Crippen LogP contribution < -0.4 is 5.32 Å². The van der Waals surface area contributed by atoms with Crippen molar-refractivity contribution >= 4 is 51.4 Å². The fourth-order valence-electron chi connectivity index (χ4n) is 2.58. The van der Waals surface area contributed by atoms with Crippen LogP contribution in [0.4, 0.5) is 11.4 Å². The van der Waals surface area contributed by atoms with Crippen LogP contribution >= 0.6 is 23.4 Å². The average Bonchev–Trinajstić information content (AvgIpc) is 2.56. The van der Waals surface area contributed by atoms with Crippen molar-refractivity contribution in [2.45, 2.75) is 18.9 Å². The highest BCUT2D eigenvalue weighted by Crippen LogP contribution is 2.36. The predicted octanol–water partition coefficient (Wildman–Crippen LogP) is 5.95. The van der Waals surface area contributed by atoms with Crippen LogP contribution in [0.25, 0.3) is 10.9 Å². The first-order chi connectivity index (χ1) is 11.6. The number of halogens is 1. The van der Waals surface area contributed by atoms with E-state index < -0.39 is 0 Å². The maximum Gasteiger partial charge on any atom is 0.164 e. The lowest BCUT2D eigenvalue weighted by molar-refractivity contribution is 0.101. The van der Waals surface area contributed by atoms with Gasteiger partial charge in [0.25, 0.3) is 0 Å². The Kier molecular flexibility index (Phi) is 5.07. The molecule has 0 spiro atoms. The van der Waals surface area contributed by atoms with Gasteiger partial charge in [0.15, 0.2) is 5.78 Å². The Bertz CT molecular complexity index is 897. The molecule has 2 aromatic carbocycles. The minimum Gasteiger partial charge on any atom is -0.354 e. The van der Waals surface area contributed by atoms with Gasteiger partial charge in [0, 0.05) is 16.1 Å². The van der Waals surface area contributed by atoms with E-state index in [1.54, 1.807) is 18.7 Å². The number of fused-ring (bicyclic) bond motifs is 1. The second kappa shape index (κ2) is 7.24. The number of Topliss-reactive ketones (excluding diaryl/α,β-unsaturated/α-hetero) is 1. The minimum atomic E-state index is -0.0150. The maximum absolute atomic E-state index is 12.4. The lowest BCUT2D eigenvalue weighted by atomic mass is 10.1. The van der Waals surface area contributed by atoms with Crippen molar-refractivity contribution in [2.24, 2.45) is 0 Å². The number of aromatic nitrogens is 1. The lowest BCUT2D eigenvalue weighted by Gasteiger charge is -2.17. The molecule has 0 amide bonds. The molecular formula is C19H17ClN2OS. The van der Waals surface area contributed by atoms with Crippen LogP contribution in [-0.4, -0.2) is 16.5 Å². The summed E-state index contributed by atoms with van der Waals surface area (Å²) in [5.41, 5.74) is 3.11. The van der Waals surface area contributed by atoms with Crippen LogP contribution in [0.3, 0.4) is 0 Å². The summed E-state index contributed by atoms with van der Waals surface area (Å²) in [4.78, 5) is 17.0. The largest absolute Gasteiger partial charge is 0.354 e. The van der Waals surface area contributed by atoms with Gasteiger partial charge in [0.1, 0.15) is 5.03 Å². The molecule has 0 radical (unpaired) electrons. The van der Waals surface area contributed by atoms with Gasteiger partial charge >= 0.3 is 0 Å². The first-order valence-electron chi connectivity index (χ1n) is 7.69. The van der Waals surface area contributed by atoms with Gasteiger partial charge in [0.2, 0.25) is 0 Å². The summed E-state index contributed by atoms with van der Waals surface area (Å²) in [6.45, 7) is 3.62. The molecule has 3 rings (SSSR count). The van der Waals surface area contributed by atoms with Crippen molar-refractivity contribution < 1.29 is 4.79 Å². The third kappa shape index (κ3) is 3.40. The van der Waals surface area contributed by atoms with Gasteiger partial charge in [0.05, 0.1) is 16.8 Å². The normalized spacial score (nSPS) is 10.8. The fourth-order valence-corrected chi connectivity index (χ4v) is 3.57. The van der Waals surface area contributed by atoms with Crippen LogP contribution in [0, 0.1) is 0 Å². The second-order valence-electron chi connectivity index (χ2n) is 5.31. The van der Waals surface area contributed by atoms with Gasteiger partial charge in [-0.2, -0.15) is 0 Å². The Labute approximate surface area is 150 Å². The van der Waals surface area contributed by atoms with E-state index >= 15 is 0 Å². The highest BCUT2D eigenvalue weighted by Gasteiger charge is 2.19. The van der Waals surface area contributed by atoms with E-state index in [0.717, 1.165) is 33.1 Å². The van der Waals surface area contributed by atoms with Gasteiger partial charge in [-0.05, 0) is 43.0 Å². The quantitative estimate of drug-likeness (QED) is 0.453. The fraction of sp³-hybridized carbons (Fsp3) is 0.158. The number of carbonyl (C=O) groups is 1. The molecule has 3 aromatic rings. The zero-order chi connectivity index (χ0) is 17.1. The Morgan fingerprint density at radius 3 is 2.62 bits per heavy atom. The molecular weight excluding hydrogens is 340 g/mol. The predicted molar refractivity (Wildman–Crippen MR) is 103 cm³/mol. The van der Waals surface area contributed by atoms with Gasteiger partial charge in [-0.15, -0.1) is 11.8 Å². The molecule has 0 aliphatic carbocycles. The van der Waals surface area contributed by atoms with Gasteiger partial charge in [-0.3, -0.25) is 4.79 Å². The Hall–Kier alpha value is -2.04. The summed E-state index contributed by atoms with van der Waals surface area (Å²) in [5.74, 6) is 0.829. The highest BCUT2D eigenvalue weighted by atomic mass is 35.5.